The van der Waals surface area contributed by atoms with Crippen LogP contribution in [0.3, 0.4) is 0 Å². The van der Waals surface area contributed by atoms with Gasteiger partial charge in [-0.25, -0.2) is 0 Å². The number of nitrogens with one attached hydrogen (secondary N) is 1. The highest BCUT2D eigenvalue weighted by molar-refractivity contribution is 6.00. The number of nitrogens with zero attached hydrogens (tertiary/aromatic N) is 1. The monoisotopic (exact) mass is 354 g/mol. The zero-order chi connectivity index (χ0) is 18.6. The van der Waals surface area contributed by atoms with Gasteiger partial charge in [0.2, 0.25) is 0 Å². The van der Waals surface area contributed by atoms with Gasteiger partial charge < -0.3 is 14.6 Å². The average Bonchev–Trinajstić information content (AvgIpc) is 3.11. The fraction of sp³-hybridized carbons (Fsp3) is 0.591. The van der Waals surface area contributed by atoms with Crippen LogP contribution in [-0.4, -0.2) is 35.0 Å². The van der Waals surface area contributed by atoms with E-state index in [1.807, 2.05) is 24.3 Å². The number of fused-ring (bicyclic) bond motifs is 2. The standard InChI is InChI=1S/C22H30N2O2/c1-13(2)22(14(3)4)17-10-9-15(17)12-24(22)21(25)19-11-16-18(23-19)7-6-8-20(16)26-5/h6-8,11,13-15,17,23H,9-10,12H2,1-5H3. The number of aromatic nitrogens is 1. The summed E-state index contributed by atoms with van der Waals surface area (Å²) in [6, 6.07) is 7.85. The topological polar surface area (TPSA) is 45.3 Å². The molecule has 1 N–H and O–H groups in total. The molecule has 1 aliphatic carbocycles. The minimum Gasteiger partial charge on any atom is -0.496 e. The van der Waals surface area contributed by atoms with Crippen LogP contribution >= 0.6 is 0 Å². The van der Waals surface area contributed by atoms with Gasteiger partial charge in [-0.3, -0.25) is 4.79 Å². The lowest BCUT2D eigenvalue weighted by Gasteiger charge is -2.51. The zero-order valence-electron chi connectivity index (χ0n) is 16.5. The summed E-state index contributed by atoms with van der Waals surface area (Å²) in [7, 11) is 1.67. The molecule has 4 heteroatoms. The average molecular weight is 354 g/mol. The number of H-pyrrole nitrogens is 1. The molecule has 2 aromatic rings. The molecule has 2 fully saturated rings. The lowest BCUT2D eigenvalue weighted by Crippen LogP contribution is -2.59. The van der Waals surface area contributed by atoms with E-state index in [1.165, 1.54) is 12.8 Å². The predicted octanol–water partition coefficient (Wildman–Crippen LogP) is 4.71. The Morgan fingerprint density at radius 1 is 1.23 bits per heavy atom. The second-order valence-electron chi connectivity index (χ2n) is 8.66. The van der Waals surface area contributed by atoms with Crippen molar-refractivity contribution in [2.45, 2.75) is 46.1 Å². The minimum atomic E-state index is -0.0403. The SMILES string of the molecule is COc1cccc2[nH]c(C(=O)N3CC4CCC4C3(C(C)C)C(C)C)cc12. The fourth-order valence-corrected chi connectivity index (χ4v) is 5.96. The van der Waals surface area contributed by atoms with E-state index in [0.717, 1.165) is 23.2 Å². The number of methoxy groups -OCH3 is 1. The molecule has 1 amide bonds. The van der Waals surface area contributed by atoms with Gasteiger partial charge in [-0.1, -0.05) is 33.8 Å². The van der Waals surface area contributed by atoms with E-state index in [4.69, 9.17) is 4.74 Å². The van der Waals surface area contributed by atoms with Crippen molar-refractivity contribution in [3.63, 3.8) is 0 Å². The van der Waals surface area contributed by atoms with Crippen LogP contribution in [0.1, 0.15) is 51.0 Å². The number of hydrogen-bond acceptors (Lipinski definition) is 2. The summed E-state index contributed by atoms with van der Waals surface area (Å²) in [5.74, 6) is 3.15. The Morgan fingerprint density at radius 2 is 1.96 bits per heavy atom. The van der Waals surface area contributed by atoms with Crippen LogP contribution in [0.4, 0.5) is 0 Å². The summed E-state index contributed by atoms with van der Waals surface area (Å²) in [5, 5.41) is 0.972. The van der Waals surface area contributed by atoms with Gasteiger partial charge in [-0.05, 0) is 54.7 Å². The van der Waals surface area contributed by atoms with Gasteiger partial charge in [-0.15, -0.1) is 0 Å². The van der Waals surface area contributed by atoms with Crippen LogP contribution in [0.5, 0.6) is 5.75 Å². The van der Waals surface area contributed by atoms with Crippen LogP contribution in [0, 0.1) is 23.7 Å². The number of likely N-dealkylation sites (tertiary alicyclic amines) is 1. The third-order valence-electron chi connectivity index (χ3n) is 7.07. The Morgan fingerprint density at radius 3 is 2.54 bits per heavy atom. The van der Waals surface area contributed by atoms with Gasteiger partial charge in [0, 0.05) is 17.4 Å². The highest BCUT2D eigenvalue weighted by Crippen LogP contribution is 2.57. The van der Waals surface area contributed by atoms with Crippen molar-refractivity contribution < 1.29 is 9.53 Å². The molecule has 1 aliphatic heterocycles. The number of amides is 1. The Hall–Kier alpha value is -1.97. The normalized spacial score (nSPS) is 24.2. The Kier molecular flexibility index (Phi) is 4.05. The largest absolute Gasteiger partial charge is 0.496 e. The van der Waals surface area contributed by atoms with E-state index in [9.17, 15) is 4.79 Å². The number of rotatable bonds is 4. The summed E-state index contributed by atoms with van der Waals surface area (Å²) in [6.07, 6.45) is 2.52. The van der Waals surface area contributed by atoms with E-state index < -0.39 is 0 Å². The van der Waals surface area contributed by atoms with Crippen molar-refractivity contribution in [3.8, 4) is 5.75 Å². The summed E-state index contributed by atoms with van der Waals surface area (Å²) in [6.45, 7) is 10.0. The molecule has 2 atom stereocenters. The molecule has 1 saturated heterocycles. The molecule has 2 unspecified atom stereocenters. The van der Waals surface area contributed by atoms with E-state index in [-0.39, 0.29) is 11.4 Å². The zero-order valence-corrected chi connectivity index (χ0v) is 16.5. The molecule has 2 aliphatic rings. The Bertz CT molecular complexity index is 828. The van der Waals surface area contributed by atoms with Crippen molar-refractivity contribution in [1.29, 1.82) is 0 Å². The molecule has 4 nitrogen and oxygen atoms in total. The maximum absolute atomic E-state index is 13.6. The van der Waals surface area contributed by atoms with E-state index in [0.29, 0.717) is 29.4 Å². The molecule has 0 bridgehead atoms. The second kappa shape index (κ2) is 6.04. The van der Waals surface area contributed by atoms with Gasteiger partial charge in [0.05, 0.1) is 12.6 Å². The quantitative estimate of drug-likeness (QED) is 0.864. The number of carbonyl (C=O) groups is 1. The smallest absolute Gasteiger partial charge is 0.270 e. The first-order chi connectivity index (χ1) is 12.4. The van der Waals surface area contributed by atoms with Gasteiger partial charge in [0.25, 0.3) is 5.91 Å². The second-order valence-corrected chi connectivity index (χ2v) is 8.66. The molecule has 140 valence electrons. The molecule has 4 rings (SSSR count). The first-order valence-electron chi connectivity index (χ1n) is 9.88. The van der Waals surface area contributed by atoms with Crippen LogP contribution in [0.25, 0.3) is 10.9 Å². The highest BCUT2D eigenvalue weighted by Gasteiger charge is 2.61. The van der Waals surface area contributed by atoms with Crippen LogP contribution < -0.4 is 4.74 Å². The number of aromatic amines is 1. The molecule has 2 heterocycles. The van der Waals surface area contributed by atoms with Crippen LogP contribution in [-0.2, 0) is 0 Å². The molecule has 1 saturated carbocycles. The summed E-state index contributed by atoms with van der Waals surface area (Å²) >= 11 is 0. The number of carbonyl (C=O) groups excluding carboxylic acids is 1. The van der Waals surface area contributed by atoms with E-state index in [1.54, 1.807) is 7.11 Å². The fourth-order valence-electron chi connectivity index (χ4n) is 5.96. The molecule has 26 heavy (non-hydrogen) atoms. The van der Waals surface area contributed by atoms with Crippen LogP contribution in [0.15, 0.2) is 24.3 Å². The van der Waals surface area contributed by atoms with Gasteiger partial charge in [0.15, 0.2) is 0 Å². The van der Waals surface area contributed by atoms with Crippen LogP contribution in [0.2, 0.25) is 0 Å². The van der Waals surface area contributed by atoms with E-state index in [2.05, 4.69) is 37.6 Å². The highest BCUT2D eigenvalue weighted by atomic mass is 16.5. The van der Waals surface area contributed by atoms with Crippen molar-refractivity contribution in [2.24, 2.45) is 23.7 Å². The maximum Gasteiger partial charge on any atom is 0.270 e. The van der Waals surface area contributed by atoms with Crippen molar-refractivity contribution in [1.82, 2.24) is 9.88 Å². The Balaban J connectivity index is 1.77. The summed E-state index contributed by atoms with van der Waals surface area (Å²) < 4.78 is 5.46. The number of benzene rings is 1. The summed E-state index contributed by atoms with van der Waals surface area (Å²) in [5.41, 5.74) is 1.59. The van der Waals surface area contributed by atoms with Crippen molar-refractivity contribution in [2.75, 3.05) is 13.7 Å². The lowest BCUT2D eigenvalue weighted by atomic mass is 9.59. The van der Waals surface area contributed by atoms with Gasteiger partial charge in [0.1, 0.15) is 11.4 Å². The van der Waals surface area contributed by atoms with Gasteiger partial charge in [-0.2, -0.15) is 0 Å². The molecular formula is C22H30N2O2. The third kappa shape index (κ3) is 2.17. The molecule has 0 spiro atoms. The first kappa shape index (κ1) is 17.4. The van der Waals surface area contributed by atoms with Gasteiger partial charge >= 0.3 is 0 Å². The van der Waals surface area contributed by atoms with E-state index >= 15 is 0 Å². The number of ether oxygens (including phenoxy) is 1. The Labute approximate surface area is 155 Å². The third-order valence-corrected chi connectivity index (χ3v) is 7.07. The predicted molar refractivity (Wildman–Crippen MR) is 105 cm³/mol. The maximum atomic E-state index is 13.6. The lowest BCUT2D eigenvalue weighted by molar-refractivity contribution is -0.00725. The minimum absolute atomic E-state index is 0.0403. The van der Waals surface area contributed by atoms with Crippen molar-refractivity contribution in [3.05, 3.63) is 30.0 Å². The molecule has 1 aromatic carbocycles. The molecular weight excluding hydrogens is 324 g/mol. The number of hydrogen-bond donors (Lipinski definition) is 1. The van der Waals surface area contributed by atoms with Crippen molar-refractivity contribution >= 4 is 16.8 Å². The molecule has 0 radical (unpaired) electrons. The first-order valence-corrected chi connectivity index (χ1v) is 9.88. The summed E-state index contributed by atoms with van der Waals surface area (Å²) in [4.78, 5) is 19.2. The molecule has 1 aromatic heterocycles.